The number of carbonyl (C=O) groups excluding carboxylic acids is 1. The third-order valence-corrected chi connectivity index (χ3v) is 3.87. The lowest BCUT2D eigenvalue weighted by molar-refractivity contribution is -0.129. The topological polar surface area (TPSA) is 32.3 Å². The van der Waals surface area contributed by atoms with E-state index in [-0.39, 0.29) is 5.25 Å². The molecule has 0 bridgehead atoms. The van der Waals surface area contributed by atoms with Gasteiger partial charge in [0, 0.05) is 13.6 Å². The molecule has 0 saturated carbocycles. The molecule has 1 fully saturated rings. The number of carbonyl (C=O) groups is 1. The predicted octanol–water partition coefficient (Wildman–Crippen LogP) is 0.950. The Kier molecular flexibility index (Phi) is 5.33. The van der Waals surface area contributed by atoms with Crippen molar-refractivity contribution >= 4 is 17.7 Å². The summed E-state index contributed by atoms with van der Waals surface area (Å²) in [6.07, 6.45) is 3.31. The van der Waals surface area contributed by atoms with Crippen LogP contribution in [0.15, 0.2) is 0 Å². The van der Waals surface area contributed by atoms with Gasteiger partial charge in [0.25, 0.3) is 0 Å². The zero-order chi connectivity index (χ0) is 10.4. The lowest BCUT2D eigenvalue weighted by Crippen LogP contribution is -2.35. The zero-order valence-electron chi connectivity index (χ0n) is 9.08. The molecule has 0 aromatic heterocycles. The van der Waals surface area contributed by atoms with Crippen LogP contribution < -0.4 is 5.32 Å². The molecule has 1 aliphatic heterocycles. The van der Waals surface area contributed by atoms with E-state index in [9.17, 15) is 4.79 Å². The van der Waals surface area contributed by atoms with Crippen molar-refractivity contribution in [1.29, 1.82) is 0 Å². The minimum absolute atomic E-state index is 0.245. The van der Waals surface area contributed by atoms with Gasteiger partial charge in [-0.15, -0.1) is 11.8 Å². The van der Waals surface area contributed by atoms with Gasteiger partial charge in [0.1, 0.15) is 0 Å². The largest absolute Gasteiger partial charge is 0.345 e. The standard InChI is InChI=1S/C10H20N2OS/c1-11-6-4-7-12(2)10(13)9-5-3-8-14-9/h9,11H,3-8H2,1-2H3. The highest BCUT2D eigenvalue weighted by Gasteiger charge is 2.25. The Labute approximate surface area is 90.6 Å². The highest BCUT2D eigenvalue weighted by Crippen LogP contribution is 2.27. The van der Waals surface area contributed by atoms with Crippen molar-refractivity contribution in [3.05, 3.63) is 0 Å². The summed E-state index contributed by atoms with van der Waals surface area (Å²) in [5.41, 5.74) is 0. The van der Waals surface area contributed by atoms with E-state index < -0.39 is 0 Å². The van der Waals surface area contributed by atoms with E-state index in [1.165, 1.54) is 6.42 Å². The van der Waals surface area contributed by atoms with Crippen molar-refractivity contribution in [1.82, 2.24) is 10.2 Å². The van der Waals surface area contributed by atoms with Crippen molar-refractivity contribution in [2.45, 2.75) is 24.5 Å². The monoisotopic (exact) mass is 216 g/mol. The van der Waals surface area contributed by atoms with Gasteiger partial charge in [-0.1, -0.05) is 0 Å². The van der Waals surface area contributed by atoms with Crippen molar-refractivity contribution in [3.63, 3.8) is 0 Å². The smallest absolute Gasteiger partial charge is 0.235 e. The molecule has 0 spiro atoms. The lowest BCUT2D eigenvalue weighted by atomic mass is 10.2. The molecule has 1 atom stereocenters. The fraction of sp³-hybridized carbons (Fsp3) is 0.900. The van der Waals surface area contributed by atoms with Crippen LogP contribution in [0.4, 0.5) is 0 Å². The molecule has 0 aromatic carbocycles. The second kappa shape index (κ2) is 6.30. The minimum Gasteiger partial charge on any atom is -0.345 e. The number of rotatable bonds is 5. The van der Waals surface area contributed by atoms with Gasteiger partial charge in [-0.2, -0.15) is 0 Å². The maximum Gasteiger partial charge on any atom is 0.235 e. The number of thioether (sulfide) groups is 1. The Morgan fingerprint density at radius 2 is 2.43 bits per heavy atom. The Balaban J connectivity index is 2.21. The molecule has 1 unspecified atom stereocenters. The third kappa shape index (κ3) is 3.50. The van der Waals surface area contributed by atoms with Gasteiger partial charge in [0.15, 0.2) is 0 Å². The van der Waals surface area contributed by atoms with Gasteiger partial charge in [0.05, 0.1) is 5.25 Å². The molecule has 1 amide bonds. The van der Waals surface area contributed by atoms with Gasteiger partial charge < -0.3 is 10.2 Å². The summed E-state index contributed by atoms with van der Waals surface area (Å²) in [5, 5.41) is 3.33. The SMILES string of the molecule is CNCCCN(C)C(=O)C1CCCS1. The molecule has 0 aliphatic carbocycles. The van der Waals surface area contributed by atoms with Crippen LogP contribution in [0.25, 0.3) is 0 Å². The molecule has 1 rings (SSSR count). The van der Waals surface area contributed by atoms with Crippen LogP contribution in [0.3, 0.4) is 0 Å². The van der Waals surface area contributed by atoms with E-state index >= 15 is 0 Å². The molecule has 1 N–H and O–H groups in total. The summed E-state index contributed by atoms with van der Waals surface area (Å²) in [5.74, 6) is 1.48. The van der Waals surface area contributed by atoms with Gasteiger partial charge in [-0.3, -0.25) is 4.79 Å². The first-order valence-electron chi connectivity index (χ1n) is 5.27. The maximum atomic E-state index is 11.8. The highest BCUT2D eigenvalue weighted by molar-refractivity contribution is 8.00. The Morgan fingerprint density at radius 1 is 1.64 bits per heavy atom. The third-order valence-electron chi connectivity index (χ3n) is 2.50. The fourth-order valence-electron chi connectivity index (χ4n) is 1.62. The van der Waals surface area contributed by atoms with E-state index in [0.29, 0.717) is 5.91 Å². The zero-order valence-corrected chi connectivity index (χ0v) is 9.90. The van der Waals surface area contributed by atoms with Crippen LogP contribution in [0.2, 0.25) is 0 Å². The van der Waals surface area contributed by atoms with E-state index in [1.54, 1.807) is 0 Å². The number of amides is 1. The number of hydrogen-bond donors (Lipinski definition) is 1. The Hall–Kier alpha value is -0.220. The Bertz CT molecular complexity index is 181. The number of nitrogens with one attached hydrogen (secondary N) is 1. The molecule has 0 aromatic rings. The van der Waals surface area contributed by atoms with E-state index in [2.05, 4.69) is 5.32 Å². The first kappa shape index (κ1) is 11.9. The number of hydrogen-bond acceptors (Lipinski definition) is 3. The van der Waals surface area contributed by atoms with Crippen molar-refractivity contribution < 1.29 is 4.79 Å². The average Bonchev–Trinajstić information content (AvgIpc) is 2.69. The van der Waals surface area contributed by atoms with Crippen LogP contribution in [-0.2, 0) is 4.79 Å². The molecule has 1 heterocycles. The van der Waals surface area contributed by atoms with Gasteiger partial charge in [-0.25, -0.2) is 0 Å². The van der Waals surface area contributed by atoms with E-state index in [0.717, 1.165) is 31.7 Å². The first-order valence-corrected chi connectivity index (χ1v) is 6.31. The van der Waals surface area contributed by atoms with Crippen LogP contribution >= 0.6 is 11.8 Å². The molecule has 1 saturated heterocycles. The van der Waals surface area contributed by atoms with Crippen molar-refractivity contribution in [3.8, 4) is 0 Å². The summed E-state index contributed by atoms with van der Waals surface area (Å²) in [6, 6.07) is 0. The molecule has 0 radical (unpaired) electrons. The summed E-state index contributed by atoms with van der Waals surface area (Å²) in [4.78, 5) is 13.7. The fourth-order valence-corrected chi connectivity index (χ4v) is 2.90. The van der Waals surface area contributed by atoms with Gasteiger partial charge in [-0.05, 0) is 38.6 Å². The van der Waals surface area contributed by atoms with E-state index in [1.807, 2.05) is 30.8 Å². The summed E-state index contributed by atoms with van der Waals surface area (Å²) < 4.78 is 0. The van der Waals surface area contributed by atoms with Crippen molar-refractivity contribution in [2.24, 2.45) is 0 Å². The number of nitrogens with zero attached hydrogens (tertiary/aromatic N) is 1. The molecule has 14 heavy (non-hydrogen) atoms. The van der Waals surface area contributed by atoms with Gasteiger partial charge >= 0.3 is 0 Å². The van der Waals surface area contributed by atoms with Crippen LogP contribution in [-0.4, -0.2) is 49.0 Å². The normalized spacial score (nSPS) is 21.1. The quantitative estimate of drug-likeness (QED) is 0.695. The van der Waals surface area contributed by atoms with E-state index in [4.69, 9.17) is 0 Å². The molecule has 4 heteroatoms. The molecular formula is C10H20N2OS. The summed E-state index contributed by atoms with van der Waals surface area (Å²) >= 11 is 1.81. The molecular weight excluding hydrogens is 196 g/mol. The molecule has 1 aliphatic rings. The van der Waals surface area contributed by atoms with Crippen molar-refractivity contribution in [2.75, 3.05) is 32.9 Å². The first-order chi connectivity index (χ1) is 6.75. The summed E-state index contributed by atoms with van der Waals surface area (Å²) in [6.45, 7) is 1.85. The Morgan fingerprint density at radius 3 is 3.00 bits per heavy atom. The highest BCUT2D eigenvalue weighted by atomic mass is 32.2. The maximum absolute atomic E-state index is 11.8. The second-order valence-electron chi connectivity index (χ2n) is 3.72. The van der Waals surface area contributed by atoms with Gasteiger partial charge in [0.2, 0.25) is 5.91 Å². The van der Waals surface area contributed by atoms with Crippen LogP contribution in [0.1, 0.15) is 19.3 Å². The average molecular weight is 216 g/mol. The predicted molar refractivity (Wildman–Crippen MR) is 61.7 cm³/mol. The second-order valence-corrected chi connectivity index (χ2v) is 5.03. The van der Waals surface area contributed by atoms with Crippen LogP contribution in [0.5, 0.6) is 0 Å². The molecule has 82 valence electrons. The minimum atomic E-state index is 0.245. The summed E-state index contributed by atoms with van der Waals surface area (Å²) in [7, 11) is 3.85. The lowest BCUT2D eigenvalue weighted by Gasteiger charge is -2.20. The van der Waals surface area contributed by atoms with Crippen LogP contribution in [0, 0.1) is 0 Å². The molecule has 3 nitrogen and oxygen atoms in total.